The van der Waals surface area contributed by atoms with Crippen molar-refractivity contribution in [2.24, 2.45) is 0 Å². The lowest BCUT2D eigenvalue weighted by Crippen LogP contribution is -2.12. The number of anilines is 3. The Labute approximate surface area is 318 Å². The van der Waals surface area contributed by atoms with Crippen LogP contribution >= 0.6 is 11.3 Å². The molecule has 0 atom stereocenters. The van der Waals surface area contributed by atoms with Gasteiger partial charge in [0.1, 0.15) is 16.7 Å². The van der Waals surface area contributed by atoms with Crippen molar-refractivity contribution in [3.8, 4) is 17.1 Å². The van der Waals surface area contributed by atoms with Crippen molar-refractivity contribution in [3.05, 3.63) is 176 Å². The summed E-state index contributed by atoms with van der Waals surface area (Å²) < 4.78 is 18.5. The first-order valence-corrected chi connectivity index (χ1v) is 19.2. The second-order valence-electron chi connectivity index (χ2n) is 13.9. The summed E-state index contributed by atoms with van der Waals surface area (Å²) in [5, 5.41) is 6.74. The first-order valence-electron chi connectivity index (χ1n) is 18.4. The van der Waals surface area contributed by atoms with Gasteiger partial charge in [0.15, 0.2) is 5.58 Å². The highest BCUT2D eigenvalue weighted by Gasteiger charge is 2.28. The van der Waals surface area contributed by atoms with E-state index in [1.165, 1.54) is 25.6 Å². The summed E-state index contributed by atoms with van der Waals surface area (Å²) >= 11 is 1.82. The summed E-state index contributed by atoms with van der Waals surface area (Å²) in [7, 11) is 0. The predicted octanol–water partition coefficient (Wildman–Crippen LogP) is 14.3. The van der Waals surface area contributed by atoms with Crippen molar-refractivity contribution in [2.75, 3.05) is 4.90 Å². The number of nitrogens with zero attached hydrogens (tertiary/aromatic N) is 3. The van der Waals surface area contributed by atoms with Gasteiger partial charge in [0.25, 0.3) is 0 Å². The number of furan rings is 1. The number of fused-ring (bicyclic) bond motifs is 11. The Bertz CT molecular complexity index is 3450. The van der Waals surface area contributed by atoms with Crippen molar-refractivity contribution >= 4 is 103 Å². The van der Waals surface area contributed by atoms with E-state index in [0.29, 0.717) is 11.5 Å². The Morgan fingerprint density at radius 3 is 2.09 bits per heavy atom. The maximum absolute atomic E-state index is 6.97. The number of oxazole rings is 1. The lowest BCUT2D eigenvalue weighted by atomic mass is 10.1. The minimum absolute atomic E-state index is 0.561. The van der Waals surface area contributed by atoms with Gasteiger partial charge in [0.05, 0.1) is 27.8 Å². The molecule has 0 fully saturated rings. The number of para-hydroxylation sites is 4. The minimum Gasteiger partial charge on any atom is -0.456 e. The Morgan fingerprint density at radius 2 is 1.22 bits per heavy atom. The van der Waals surface area contributed by atoms with Crippen LogP contribution in [0.1, 0.15) is 0 Å². The van der Waals surface area contributed by atoms with E-state index in [1.807, 2.05) is 59.9 Å². The molecule has 5 nitrogen and oxygen atoms in total. The SMILES string of the molecule is c1ccc(-c2nc3c(o2)c(N(c2ccc4sc5ccccc5c4c2)c2cccc4c5ccccc5n(-c5ccccc5)c24)cc2oc4ccccc4c23)cc1. The zero-order valence-corrected chi connectivity index (χ0v) is 30.1. The smallest absolute Gasteiger partial charge is 0.227 e. The Balaban J connectivity index is 1.25. The van der Waals surface area contributed by atoms with Gasteiger partial charge in [-0.05, 0) is 66.7 Å². The Morgan fingerprint density at radius 1 is 0.509 bits per heavy atom. The average Bonchev–Trinajstić information content (AvgIpc) is 4.02. The van der Waals surface area contributed by atoms with Crippen LogP contribution in [0, 0.1) is 0 Å². The zero-order chi connectivity index (χ0) is 36.0. The number of benzene rings is 8. The van der Waals surface area contributed by atoms with Crippen molar-refractivity contribution in [1.82, 2.24) is 9.55 Å². The van der Waals surface area contributed by atoms with Gasteiger partial charge in [-0.25, -0.2) is 4.98 Å². The van der Waals surface area contributed by atoms with E-state index in [1.54, 1.807) is 0 Å². The van der Waals surface area contributed by atoms with Crippen LogP contribution in [0.15, 0.2) is 185 Å². The van der Waals surface area contributed by atoms with Crippen LogP contribution in [0.3, 0.4) is 0 Å². The zero-order valence-electron chi connectivity index (χ0n) is 29.3. The molecule has 0 spiro atoms. The maximum atomic E-state index is 6.97. The van der Waals surface area contributed by atoms with E-state index in [4.69, 9.17) is 13.8 Å². The van der Waals surface area contributed by atoms with E-state index >= 15 is 0 Å². The van der Waals surface area contributed by atoms with Crippen molar-refractivity contribution in [1.29, 1.82) is 0 Å². The molecule has 12 rings (SSSR count). The fraction of sp³-hybridized carbons (Fsp3) is 0. The summed E-state index contributed by atoms with van der Waals surface area (Å²) in [6, 6.07) is 61.8. The Kier molecular flexibility index (Phi) is 6.44. The second kappa shape index (κ2) is 11.7. The molecule has 0 amide bonds. The molecule has 6 heteroatoms. The number of rotatable bonds is 5. The second-order valence-corrected chi connectivity index (χ2v) is 15.0. The van der Waals surface area contributed by atoms with E-state index in [9.17, 15) is 0 Å². The molecule has 0 saturated carbocycles. The van der Waals surface area contributed by atoms with Crippen LogP contribution in [0.25, 0.3) is 92.2 Å². The van der Waals surface area contributed by atoms with E-state index < -0.39 is 0 Å². The average molecular weight is 724 g/mol. The highest BCUT2D eigenvalue weighted by molar-refractivity contribution is 7.25. The van der Waals surface area contributed by atoms with Gasteiger partial charge in [-0.3, -0.25) is 0 Å². The van der Waals surface area contributed by atoms with E-state index in [-0.39, 0.29) is 0 Å². The third-order valence-electron chi connectivity index (χ3n) is 10.8. The molecule has 258 valence electrons. The topological polar surface area (TPSA) is 47.3 Å². The molecule has 0 aliphatic carbocycles. The predicted molar refractivity (Wildman–Crippen MR) is 229 cm³/mol. The molecule has 0 bridgehead atoms. The summed E-state index contributed by atoms with van der Waals surface area (Å²) in [5.41, 5.74) is 10.1. The number of hydrogen-bond donors (Lipinski definition) is 0. The first-order chi connectivity index (χ1) is 27.3. The first kappa shape index (κ1) is 30.3. The molecule has 0 saturated heterocycles. The molecule has 0 aliphatic heterocycles. The largest absolute Gasteiger partial charge is 0.456 e. The fourth-order valence-corrected chi connectivity index (χ4v) is 9.51. The standard InChI is InChI=1S/C49H29N3O2S/c1-3-14-30(15-4-1)49-50-46-45-36-20-8-11-24-41(36)53-42(45)29-40(48(46)54-49)51(32-26-27-44-37(28-32)34-19-9-12-25-43(34)55-44)39-23-13-21-35-33-18-7-10-22-38(33)52(47(35)39)31-16-5-2-6-17-31/h1-29H. The third kappa shape index (κ3) is 4.49. The Hall–Kier alpha value is -7.15. The molecule has 12 aromatic rings. The molecule has 0 aliphatic rings. The third-order valence-corrected chi connectivity index (χ3v) is 11.9. The summed E-state index contributed by atoms with van der Waals surface area (Å²) in [6.45, 7) is 0. The summed E-state index contributed by atoms with van der Waals surface area (Å²) in [5.74, 6) is 0.561. The molecule has 0 radical (unpaired) electrons. The van der Waals surface area contributed by atoms with Crippen molar-refractivity contribution < 1.29 is 8.83 Å². The fourth-order valence-electron chi connectivity index (χ4n) is 8.42. The number of aromatic nitrogens is 2. The van der Waals surface area contributed by atoms with Gasteiger partial charge in [-0.1, -0.05) is 103 Å². The van der Waals surface area contributed by atoms with Gasteiger partial charge >= 0.3 is 0 Å². The van der Waals surface area contributed by atoms with Gasteiger partial charge in [0, 0.05) is 59.3 Å². The van der Waals surface area contributed by atoms with Gasteiger partial charge in [-0.2, -0.15) is 0 Å². The lowest BCUT2D eigenvalue weighted by molar-refractivity contribution is 0.620. The molecule has 55 heavy (non-hydrogen) atoms. The highest BCUT2D eigenvalue weighted by Crippen LogP contribution is 2.49. The summed E-state index contributed by atoms with van der Waals surface area (Å²) in [4.78, 5) is 7.60. The molecular formula is C49H29N3O2S. The summed E-state index contributed by atoms with van der Waals surface area (Å²) in [6.07, 6.45) is 0. The minimum atomic E-state index is 0.561. The molecule has 4 heterocycles. The van der Waals surface area contributed by atoms with E-state index in [0.717, 1.165) is 72.2 Å². The normalized spacial score (nSPS) is 12.0. The number of hydrogen-bond acceptors (Lipinski definition) is 5. The van der Waals surface area contributed by atoms with Crippen LogP contribution in [0.4, 0.5) is 17.1 Å². The van der Waals surface area contributed by atoms with Crippen molar-refractivity contribution in [3.63, 3.8) is 0 Å². The van der Waals surface area contributed by atoms with E-state index in [2.05, 4.69) is 137 Å². The quantitative estimate of drug-likeness (QED) is 0.177. The lowest BCUT2D eigenvalue weighted by Gasteiger charge is -2.27. The van der Waals surface area contributed by atoms with Crippen molar-refractivity contribution in [2.45, 2.75) is 0 Å². The molecule has 0 unspecified atom stereocenters. The van der Waals surface area contributed by atoms with Crippen LogP contribution in [0.2, 0.25) is 0 Å². The van der Waals surface area contributed by atoms with Gasteiger partial charge in [-0.15, -0.1) is 11.3 Å². The highest BCUT2D eigenvalue weighted by atomic mass is 32.1. The van der Waals surface area contributed by atoms with Gasteiger partial charge < -0.3 is 18.3 Å². The van der Waals surface area contributed by atoms with Crippen LogP contribution in [0.5, 0.6) is 0 Å². The molecular weight excluding hydrogens is 695 g/mol. The van der Waals surface area contributed by atoms with Crippen LogP contribution < -0.4 is 4.90 Å². The molecule has 4 aromatic heterocycles. The molecule has 8 aromatic carbocycles. The monoisotopic (exact) mass is 723 g/mol. The number of thiophene rings is 1. The van der Waals surface area contributed by atoms with Crippen LogP contribution in [-0.4, -0.2) is 9.55 Å². The van der Waals surface area contributed by atoms with Gasteiger partial charge in [0.2, 0.25) is 5.89 Å². The maximum Gasteiger partial charge on any atom is 0.227 e. The van der Waals surface area contributed by atoms with Crippen LogP contribution in [-0.2, 0) is 0 Å². The molecule has 0 N–H and O–H groups in total.